The van der Waals surface area contributed by atoms with E-state index in [1.807, 2.05) is 36.4 Å². The van der Waals surface area contributed by atoms with E-state index in [2.05, 4.69) is 70.7 Å². The minimum atomic E-state index is -0.0606. The molecule has 0 N–H and O–H groups in total. The molecule has 0 saturated carbocycles. The van der Waals surface area contributed by atoms with Crippen molar-refractivity contribution in [1.82, 2.24) is 40.3 Å². The summed E-state index contributed by atoms with van der Waals surface area (Å²) in [4.78, 5) is 19.9. The largest absolute Gasteiger partial charge is 0.243 e. The first-order valence-corrected chi connectivity index (χ1v) is 14.8. The zero-order valence-corrected chi connectivity index (χ0v) is 25.6. The molecule has 0 aliphatic heterocycles. The minimum absolute atomic E-state index is 0.00159. The second-order valence-corrected chi connectivity index (χ2v) is 14.0. The number of aromatic nitrogens is 8. The van der Waals surface area contributed by atoms with Crippen molar-refractivity contribution in [1.29, 1.82) is 0 Å². The second kappa shape index (κ2) is 9.43. The van der Waals surface area contributed by atoms with E-state index in [1.165, 1.54) is 0 Å². The van der Waals surface area contributed by atoms with E-state index in [4.69, 9.17) is 25.0 Å². The van der Waals surface area contributed by atoms with Crippen LogP contribution < -0.4 is 0 Å². The monoisotopic (exact) mass is 548 g/mol. The maximum Gasteiger partial charge on any atom is 0.200 e. The molecule has 0 radical (unpaired) electrons. The van der Waals surface area contributed by atoms with Crippen LogP contribution in [0.1, 0.15) is 110 Å². The molecule has 4 heterocycles. The molecule has 4 aromatic heterocycles. The van der Waals surface area contributed by atoms with Gasteiger partial charge < -0.3 is 0 Å². The highest BCUT2D eigenvalue weighted by Gasteiger charge is 2.42. The lowest BCUT2D eigenvalue weighted by Crippen LogP contribution is -2.38. The molecule has 4 aromatic rings. The van der Waals surface area contributed by atoms with Gasteiger partial charge in [-0.05, 0) is 56.4 Å². The SMILES string of the molecule is CCC1(C)CCC(C)(C)c2nc(-c3cccc(-c4cccc(-c5nnc6c(n5)C(C)(C)CCC6(C)C)n4)n3)nnc21. The van der Waals surface area contributed by atoms with Crippen molar-refractivity contribution in [2.75, 3.05) is 0 Å². The normalized spacial score (nSPS) is 22.0. The van der Waals surface area contributed by atoms with Gasteiger partial charge in [0.25, 0.3) is 0 Å². The Morgan fingerprint density at radius 2 is 0.902 bits per heavy atom. The lowest BCUT2D eigenvalue weighted by Gasteiger charge is -2.40. The molecule has 212 valence electrons. The first-order chi connectivity index (χ1) is 19.3. The molecule has 2 aliphatic rings. The van der Waals surface area contributed by atoms with Crippen LogP contribution in [0.3, 0.4) is 0 Å². The summed E-state index contributed by atoms with van der Waals surface area (Å²) in [6.07, 6.45) is 5.30. The highest BCUT2D eigenvalue weighted by Crippen LogP contribution is 2.46. The molecule has 8 heteroatoms. The third-order valence-corrected chi connectivity index (χ3v) is 9.54. The van der Waals surface area contributed by atoms with Gasteiger partial charge in [0.2, 0.25) is 11.6 Å². The van der Waals surface area contributed by atoms with Gasteiger partial charge in [0, 0.05) is 21.7 Å². The molecular weight excluding hydrogens is 508 g/mol. The summed E-state index contributed by atoms with van der Waals surface area (Å²) in [5, 5.41) is 18.5. The Kier molecular flexibility index (Phi) is 6.32. The predicted molar refractivity (Wildman–Crippen MR) is 160 cm³/mol. The number of pyridine rings is 2. The Labute approximate surface area is 242 Å². The highest BCUT2D eigenvalue weighted by atomic mass is 15.2. The van der Waals surface area contributed by atoms with E-state index in [9.17, 15) is 0 Å². The quantitative estimate of drug-likeness (QED) is 0.270. The molecule has 0 bridgehead atoms. The Morgan fingerprint density at radius 1 is 0.488 bits per heavy atom. The molecule has 0 saturated heterocycles. The first kappa shape index (κ1) is 27.5. The van der Waals surface area contributed by atoms with E-state index in [0.717, 1.165) is 66.3 Å². The number of hydrogen-bond acceptors (Lipinski definition) is 8. The van der Waals surface area contributed by atoms with Crippen LogP contribution in [0.5, 0.6) is 0 Å². The Hall–Kier alpha value is -3.68. The van der Waals surface area contributed by atoms with Gasteiger partial charge in [-0.25, -0.2) is 19.9 Å². The van der Waals surface area contributed by atoms with Crippen LogP contribution >= 0.6 is 0 Å². The summed E-state index contributed by atoms with van der Waals surface area (Å²) in [7, 11) is 0. The van der Waals surface area contributed by atoms with Crippen molar-refractivity contribution in [2.24, 2.45) is 0 Å². The Morgan fingerprint density at radius 3 is 1.41 bits per heavy atom. The molecule has 6 rings (SSSR count). The number of rotatable bonds is 4. The third-order valence-electron chi connectivity index (χ3n) is 9.54. The fraction of sp³-hybridized carbons (Fsp3) is 0.515. The highest BCUT2D eigenvalue weighted by molar-refractivity contribution is 5.63. The van der Waals surface area contributed by atoms with Crippen molar-refractivity contribution < 1.29 is 0 Å². The zero-order valence-electron chi connectivity index (χ0n) is 25.6. The summed E-state index contributed by atoms with van der Waals surface area (Å²) in [5.74, 6) is 1.08. The fourth-order valence-corrected chi connectivity index (χ4v) is 6.11. The van der Waals surface area contributed by atoms with Gasteiger partial charge in [0.1, 0.15) is 11.4 Å². The molecule has 41 heavy (non-hydrogen) atoms. The van der Waals surface area contributed by atoms with Crippen LogP contribution in [-0.2, 0) is 21.7 Å². The van der Waals surface area contributed by atoms with E-state index in [1.54, 1.807) is 0 Å². The first-order valence-electron chi connectivity index (χ1n) is 14.8. The number of fused-ring (bicyclic) bond motifs is 2. The molecule has 0 amide bonds. The van der Waals surface area contributed by atoms with Gasteiger partial charge in [-0.3, -0.25) is 0 Å². The summed E-state index contributed by atoms with van der Waals surface area (Å²) in [6, 6.07) is 11.7. The average molecular weight is 549 g/mol. The lowest BCUT2D eigenvalue weighted by atomic mass is 9.65. The Bertz CT molecular complexity index is 1640. The van der Waals surface area contributed by atoms with Crippen LogP contribution in [-0.4, -0.2) is 40.3 Å². The standard InChI is InChI=1S/C33H40N8/c1-9-33(8)19-18-31(4,5)25-27(33)39-41-29(37-25)23-15-11-13-21(35-23)20-12-10-14-22(34-20)28-36-24-26(38-40-28)32(6,7)17-16-30(24,2)3/h10-15H,9,16-19H2,1-8H3. The molecule has 1 atom stereocenters. The fourth-order valence-electron chi connectivity index (χ4n) is 6.11. The van der Waals surface area contributed by atoms with E-state index in [0.29, 0.717) is 23.0 Å². The van der Waals surface area contributed by atoms with Gasteiger partial charge >= 0.3 is 0 Å². The third kappa shape index (κ3) is 4.71. The predicted octanol–water partition coefficient (Wildman–Crippen LogP) is 6.94. The van der Waals surface area contributed by atoms with Crippen LogP contribution in [0.25, 0.3) is 34.4 Å². The molecular formula is C33H40N8. The van der Waals surface area contributed by atoms with Crippen molar-refractivity contribution in [2.45, 2.75) is 109 Å². The average Bonchev–Trinajstić information content (AvgIpc) is 2.97. The van der Waals surface area contributed by atoms with Crippen molar-refractivity contribution in [3.05, 3.63) is 59.2 Å². The summed E-state index contributed by atoms with van der Waals surface area (Å²) in [6.45, 7) is 17.9. The maximum absolute atomic E-state index is 5.06. The summed E-state index contributed by atoms with van der Waals surface area (Å²) >= 11 is 0. The molecule has 0 fully saturated rings. The zero-order chi connectivity index (χ0) is 29.2. The lowest BCUT2D eigenvalue weighted by molar-refractivity contribution is 0.285. The molecule has 0 spiro atoms. The topological polar surface area (TPSA) is 103 Å². The van der Waals surface area contributed by atoms with Crippen LogP contribution in [0.15, 0.2) is 36.4 Å². The number of hydrogen-bond donors (Lipinski definition) is 0. The van der Waals surface area contributed by atoms with Gasteiger partial charge in [-0.15, -0.1) is 10.2 Å². The Balaban J connectivity index is 1.37. The molecule has 0 aromatic carbocycles. The van der Waals surface area contributed by atoms with Crippen molar-refractivity contribution >= 4 is 0 Å². The smallest absolute Gasteiger partial charge is 0.200 e. The van der Waals surface area contributed by atoms with E-state index < -0.39 is 0 Å². The second-order valence-electron chi connectivity index (χ2n) is 14.0. The van der Waals surface area contributed by atoms with E-state index in [-0.39, 0.29) is 21.7 Å². The minimum Gasteiger partial charge on any atom is -0.243 e. The summed E-state index contributed by atoms with van der Waals surface area (Å²) in [5.41, 5.74) is 6.73. The van der Waals surface area contributed by atoms with E-state index >= 15 is 0 Å². The maximum atomic E-state index is 5.06. The van der Waals surface area contributed by atoms with Gasteiger partial charge in [0.15, 0.2) is 0 Å². The van der Waals surface area contributed by atoms with Crippen molar-refractivity contribution in [3.63, 3.8) is 0 Å². The van der Waals surface area contributed by atoms with Crippen LogP contribution in [0, 0.1) is 0 Å². The van der Waals surface area contributed by atoms with Gasteiger partial charge in [0.05, 0.1) is 34.2 Å². The molecule has 1 unspecified atom stereocenters. The van der Waals surface area contributed by atoms with Gasteiger partial charge in [-0.2, -0.15) is 10.2 Å². The van der Waals surface area contributed by atoms with Crippen LogP contribution in [0.2, 0.25) is 0 Å². The van der Waals surface area contributed by atoms with Crippen molar-refractivity contribution in [3.8, 4) is 34.4 Å². The summed E-state index contributed by atoms with van der Waals surface area (Å²) < 4.78 is 0. The molecule has 8 nitrogen and oxygen atoms in total. The number of nitrogens with zero attached hydrogens (tertiary/aromatic N) is 8. The van der Waals surface area contributed by atoms with Gasteiger partial charge in [-0.1, -0.05) is 67.5 Å². The van der Waals surface area contributed by atoms with Crippen LogP contribution in [0.4, 0.5) is 0 Å². The molecule has 2 aliphatic carbocycles.